The molecule has 0 radical (unpaired) electrons. The molecule has 0 saturated carbocycles. The number of nitrogens with zero attached hydrogens (tertiary/aromatic N) is 1. The zero-order valence-electron chi connectivity index (χ0n) is 21.4. The van der Waals surface area contributed by atoms with Crippen LogP contribution in [0, 0.1) is 0 Å². The molecule has 0 saturated heterocycles. The van der Waals surface area contributed by atoms with Gasteiger partial charge in [-0.2, -0.15) is 4.31 Å². The number of carbonyl (C=O) groups excluding carboxylic acids is 2. The molecule has 7 nitrogen and oxygen atoms in total. The Bertz CT molecular complexity index is 1560. The summed E-state index contributed by atoms with van der Waals surface area (Å²) >= 11 is 6.18. The number of carbonyl (C=O) groups is 2. The molecule has 0 spiro atoms. The number of benzene rings is 4. The maximum atomic E-state index is 13.5. The molecular weight excluding hydrogens is 536 g/mol. The van der Waals surface area contributed by atoms with Crippen LogP contribution in [0.1, 0.15) is 33.9 Å². The number of nitrogens with one attached hydrogen (secondary N) is 1. The summed E-state index contributed by atoms with van der Waals surface area (Å²) in [6, 6.07) is 27.3. The van der Waals surface area contributed by atoms with Crippen molar-refractivity contribution in [1.82, 2.24) is 4.31 Å². The minimum atomic E-state index is -3.93. The van der Waals surface area contributed by atoms with E-state index in [-0.39, 0.29) is 28.4 Å². The first-order chi connectivity index (χ1) is 18.7. The number of methoxy groups -OCH3 is 1. The largest absolute Gasteiger partial charge is 0.497 e. The smallest absolute Gasteiger partial charge is 0.243 e. The van der Waals surface area contributed by atoms with Crippen molar-refractivity contribution < 1.29 is 22.7 Å². The van der Waals surface area contributed by atoms with Crippen molar-refractivity contribution in [3.63, 3.8) is 0 Å². The first kappa shape index (κ1) is 28.0. The SMILES string of the molecule is COc1ccc([C@H](CC(=O)Nc2ccc(Cl)cc2C(=O)c2ccccc2)N(C)S(=O)(=O)c2ccccc2)cc1. The van der Waals surface area contributed by atoms with Crippen LogP contribution in [0.25, 0.3) is 0 Å². The van der Waals surface area contributed by atoms with E-state index in [0.717, 1.165) is 0 Å². The Morgan fingerprint density at radius 3 is 2.13 bits per heavy atom. The van der Waals surface area contributed by atoms with Crippen molar-refractivity contribution in [1.29, 1.82) is 0 Å². The zero-order valence-corrected chi connectivity index (χ0v) is 22.9. The Labute approximate surface area is 233 Å². The average molecular weight is 563 g/mol. The van der Waals surface area contributed by atoms with Crippen molar-refractivity contribution in [2.75, 3.05) is 19.5 Å². The lowest BCUT2D eigenvalue weighted by atomic mass is 10.0. The van der Waals surface area contributed by atoms with Crippen molar-refractivity contribution >= 4 is 39.0 Å². The molecule has 0 unspecified atom stereocenters. The molecule has 0 heterocycles. The van der Waals surface area contributed by atoms with Crippen LogP contribution >= 0.6 is 11.6 Å². The molecule has 1 atom stereocenters. The van der Waals surface area contributed by atoms with Crippen molar-refractivity contribution in [3.8, 4) is 5.75 Å². The number of sulfonamides is 1. The summed E-state index contributed by atoms with van der Waals surface area (Å²) in [6.45, 7) is 0. The molecule has 0 aliphatic rings. The highest BCUT2D eigenvalue weighted by molar-refractivity contribution is 7.89. The lowest BCUT2D eigenvalue weighted by Crippen LogP contribution is -2.34. The van der Waals surface area contributed by atoms with Crippen LogP contribution in [0.15, 0.2) is 108 Å². The topological polar surface area (TPSA) is 92.8 Å². The number of hydrogen-bond acceptors (Lipinski definition) is 5. The van der Waals surface area contributed by atoms with Gasteiger partial charge in [-0.05, 0) is 48.0 Å². The standard InChI is InChI=1S/C30H27ClN2O5S/c1-33(39(36,37)25-11-7-4-8-12-25)28(21-13-16-24(38-2)17-14-21)20-29(34)32-27-18-15-23(31)19-26(27)30(35)22-9-5-3-6-10-22/h3-19,28H,20H2,1-2H3,(H,32,34)/t28-/m0/s1. The summed E-state index contributed by atoms with van der Waals surface area (Å²) in [6.07, 6.45) is -0.212. The average Bonchev–Trinajstić information content (AvgIpc) is 2.97. The van der Waals surface area contributed by atoms with Crippen molar-refractivity contribution in [2.24, 2.45) is 0 Å². The van der Waals surface area contributed by atoms with Gasteiger partial charge >= 0.3 is 0 Å². The van der Waals surface area contributed by atoms with Crippen LogP contribution in [-0.4, -0.2) is 38.6 Å². The summed E-state index contributed by atoms with van der Waals surface area (Å²) in [5.41, 5.74) is 1.55. The normalized spacial score (nSPS) is 12.1. The maximum Gasteiger partial charge on any atom is 0.243 e. The first-order valence-electron chi connectivity index (χ1n) is 12.1. The van der Waals surface area contributed by atoms with Crippen LogP contribution in [0.5, 0.6) is 5.75 Å². The molecule has 4 aromatic carbocycles. The van der Waals surface area contributed by atoms with E-state index in [4.69, 9.17) is 16.3 Å². The number of anilines is 1. The van der Waals surface area contributed by atoms with Crippen LogP contribution in [0.3, 0.4) is 0 Å². The van der Waals surface area contributed by atoms with Gasteiger partial charge in [0.15, 0.2) is 5.78 Å². The highest BCUT2D eigenvalue weighted by Gasteiger charge is 2.31. The predicted molar refractivity (Wildman–Crippen MR) is 152 cm³/mol. The summed E-state index contributed by atoms with van der Waals surface area (Å²) in [7, 11) is -0.958. The van der Waals surface area contributed by atoms with E-state index in [0.29, 0.717) is 21.9 Å². The molecule has 1 amide bonds. The molecule has 9 heteroatoms. The van der Waals surface area contributed by atoms with Gasteiger partial charge in [0.1, 0.15) is 5.75 Å². The van der Waals surface area contributed by atoms with Crippen LogP contribution in [-0.2, 0) is 14.8 Å². The summed E-state index contributed by atoms with van der Waals surface area (Å²) < 4.78 is 33.3. The minimum Gasteiger partial charge on any atom is -0.497 e. The minimum absolute atomic E-state index is 0.111. The van der Waals surface area contributed by atoms with Gasteiger partial charge in [-0.3, -0.25) is 9.59 Å². The van der Waals surface area contributed by atoms with E-state index in [9.17, 15) is 18.0 Å². The van der Waals surface area contributed by atoms with Gasteiger partial charge in [0.2, 0.25) is 15.9 Å². The lowest BCUT2D eigenvalue weighted by molar-refractivity contribution is -0.117. The number of hydrogen-bond donors (Lipinski definition) is 1. The molecule has 0 aliphatic carbocycles. The summed E-state index contributed by atoms with van der Waals surface area (Å²) in [5, 5.41) is 3.14. The first-order valence-corrected chi connectivity index (χ1v) is 13.9. The molecule has 1 N–H and O–H groups in total. The zero-order chi connectivity index (χ0) is 28.0. The number of ketones is 1. The Balaban J connectivity index is 1.65. The highest BCUT2D eigenvalue weighted by atomic mass is 35.5. The van der Waals surface area contributed by atoms with Crippen LogP contribution in [0.4, 0.5) is 5.69 Å². The molecule has 0 fully saturated rings. The molecule has 200 valence electrons. The third-order valence-electron chi connectivity index (χ3n) is 6.27. The highest BCUT2D eigenvalue weighted by Crippen LogP contribution is 2.31. The molecular formula is C30H27ClN2O5S. The van der Waals surface area contributed by atoms with E-state index in [1.807, 2.05) is 0 Å². The third kappa shape index (κ3) is 6.54. The van der Waals surface area contributed by atoms with Crippen molar-refractivity contribution in [3.05, 3.63) is 125 Å². The molecule has 0 bridgehead atoms. The van der Waals surface area contributed by atoms with Gasteiger partial charge in [0.05, 0.1) is 23.7 Å². The Morgan fingerprint density at radius 1 is 0.897 bits per heavy atom. The Hall–Kier alpha value is -3.98. The fourth-order valence-corrected chi connectivity index (χ4v) is 5.68. The summed E-state index contributed by atoms with van der Waals surface area (Å²) in [5.74, 6) is -0.181. The molecule has 0 aromatic heterocycles. The lowest BCUT2D eigenvalue weighted by Gasteiger charge is -2.28. The Morgan fingerprint density at radius 2 is 1.51 bits per heavy atom. The van der Waals surface area contributed by atoms with E-state index in [2.05, 4.69) is 5.32 Å². The van der Waals surface area contributed by atoms with Gasteiger partial charge in [-0.1, -0.05) is 72.3 Å². The van der Waals surface area contributed by atoms with E-state index in [1.165, 1.54) is 36.7 Å². The second-order valence-corrected chi connectivity index (χ2v) is 11.2. The van der Waals surface area contributed by atoms with Crippen LogP contribution in [0.2, 0.25) is 5.02 Å². The monoisotopic (exact) mass is 562 g/mol. The Kier molecular flexibility index (Phi) is 8.81. The van der Waals surface area contributed by atoms with Gasteiger partial charge in [-0.25, -0.2) is 8.42 Å². The molecule has 39 heavy (non-hydrogen) atoms. The molecule has 4 aromatic rings. The van der Waals surface area contributed by atoms with Gasteiger partial charge in [-0.15, -0.1) is 0 Å². The van der Waals surface area contributed by atoms with Gasteiger partial charge in [0, 0.05) is 29.6 Å². The number of halogens is 1. The number of rotatable bonds is 10. The summed E-state index contributed by atoms with van der Waals surface area (Å²) in [4.78, 5) is 26.7. The van der Waals surface area contributed by atoms with Gasteiger partial charge < -0.3 is 10.1 Å². The van der Waals surface area contributed by atoms with Gasteiger partial charge in [0.25, 0.3) is 0 Å². The molecule has 4 rings (SSSR count). The van der Waals surface area contributed by atoms with E-state index >= 15 is 0 Å². The second-order valence-electron chi connectivity index (χ2n) is 8.76. The van der Waals surface area contributed by atoms with E-state index in [1.54, 1.807) is 84.9 Å². The third-order valence-corrected chi connectivity index (χ3v) is 8.39. The molecule has 0 aliphatic heterocycles. The number of ether oxygens (including phenoxy) is 1. The van der Waals surface area contributed by atoms with E-state index < -0.39 is 22.0 Å². The van der Waals surface area contributed by atoms with Crippen LogP contribution < -0.4 is 10.1 Å². The van der Waals surface area contributed by atoms with Crippen molar-refractivity contribution in [2.45, 2.75) is 17.4 Å². The fraction of sp³-hybridized carbons (Fsp3) is 0.133. The maximum absolute atomic E-state index is 13.5. The fourth-order valence-electron chi connectivity index (χ4n) is 4.14. The predicted octanol–water partition coefficient (Wildman–Crippen LogP) is 5.97. The number of amides is 1. The quantitative estimate of drug-likeness (QED) is 0.240. The second kappa shape index (κ2) is 12.3.